The average Bonchev–Trinajstić information content (AvgIpc) is 2.69. The van der Waals surface area contributed by atoms with Crippen molar-refractivity contribution >= 4 is 39.3 Å². The van der Waals surface area contributed by atoms with Crippen LogP contribution in [0.3, 0.4) is 0 Å². The number of aromatic nitrogens is 2. The Kier molecular flexibility index (Phi) is 5.16. The second-order valence-electron chi connectivity index (χ2n) is 6.92. The Balaban J connectivity index is 2.09. The molecular formula is C18H27IN4. The first-order valence-electron chi connectivity index (χ1n) is 8.61. The van der Waals surface area contributed by atoms with E-state index in [2.05, 4.69) is 53.1 Å². The minimum atomic E-state index is 0.991. The van der Waals surface area contributed by atoms with Gasteiger partial charge in [-0.1, -0.05) is 6.42 Å². The fraction of sp³-hybridized carbons (Fsp3) is 0.611. The maximum atomic E-state index is 6.60. The summed E-state index contributed by atoms with van der Waals surface area (Å²) in [5, 5.41) is 1.19. The largest absolute Gasteiger partial charge is 0.398 e. The minimum absolute atomic E-state index is 0.991. The summed E-state index contributed by atoms with van der Waals surface area (Å²) in [4.78, 5) is 7.32. The molecule has 0 amide bonds. The first kappa shape index (κ1) is 17.0. The standard InChI is InChI=1S/C18H27IN4/c1-12-16(19)15-17(20)13-8-5-4-6-9-14(13)21-18(15)23(12)11-7-10-22(2)3/h4-11H2,1-3H3,(H2,20,21). The van der Waals surface area contributed by atoms with Crippen molar-refractivity contribution in [2.45, 2.75) is 52.0 Å². The minimum Gasteiger partial charge on any atom is -0.398 e. The Hall–Kier alpha value is -0.820. The number of nitrogen functional groups attached to an aromatic ring is 1. The summed E-state index contributed by atoms with van der Waals surface area (Å²) in [5.74, 6) is 0. The maximum absolute atomic E-state index is 6.60. The zero-order valence-electron chi connectivity index (χ0n) is 14.5. The van der Waals surface area contributed by atoms with Gasteiger partial charge in [0.25, 0.3) is 0 Å². The van der Waals surface area contributed by atoms with Crippen LogP contribution in [0.1, 0.15) is 42.6 Å². The lowest BCUT2D eigenvalue weighted by molar-refractivity contribution is 0.387. The van der Waals surface area contributed by atoms with Crippen LogP contribution < -0.4 is 5.73 Å². The summed E-state index contributed by atoms with van der Waals surface area (Å²) in [6.45, 7) is 4.30. The number of nitrogens with two attached hydrogens (primary N) is 1. The number of rotatable bonds is 4. The molecule has 0 unspecified atom stereocenters. The Labute approximate surface area is 152 Å². The topological polar surface area (TPSA) is 47.1 Å². The predicted molar refractivity (Wildman–Crippen MR) is 106 cm³/mol. The van der Waals surface area contributed by atoms with E-state index in [1.165, 1.54) is 45.2 Å². The van der Waals surface area contributed by atoms with Crippen molar-refractivity contribution in [3.63, 3.8) is 0 Å². The molecule has 23 heavy (non-hydrogen) atoms. The SMILES string of the molecule is Cc1c(I)c2c(N)c3c(nc2n1CCCN(C)C)CCCCC3. The van der Waals surface area contributed by atoms with Crippen LogP contribution in [0.15, 0.2) is 0 Å². The Morgan fingerprint density at radius 3 is 2.70 bits per heavy atom. The van der Waals surface area contributed by atoms with Crippen molar-refractivity contribution in [3.8, 4) is 0 Å². The van der Waals surface area contributed by atoms with E-state index in [-0.39, 0.29) is 0 Å². The molecule has 0 radical (unpaired) electrons. The van der Waals surface area contributed by atoms with Gasteiger partial charge in [-0.2, -0.15) is 0 Å². The summed E-state index contributed by atoms with van der Waals surface area (Å²) in [6.07, 6.45) is 7.07. The molecule has 2 aromatic rings. The molecule has 0 atom stereocenters. The van der Waals surface area contributed by atoms with Crippen molar-refractivity contribution in [1.82, 2.24) is 14.5 Å². The van der Waals surface area contributed by atoms with E-state index in [0.717, 1.165) is 43.7 Å². The molecule has 4 nitrogen and oxygen atoms in total. The molecular weight excluding hydrogens is 399 g/mol. The van der Waals surface area contributed by atoms with Crippen LogP contribution >= 0.6 is 22.6 Å². The van der Waals surface area contributed by atoms with E-state index in [0.29, 0.717) is 0 Å². The van der Waals surface area contributed by atoms with Gasteiger partial charge in [-0.05, 0) is 87.8 Å². The normalized spacial score (nSPS) is 15.2. The molecule has 0 saturated carbocycles. The van der Waals surface area contributed by atoms with Crippen LogP contribution in [0.2, 0.25) is 0 Å². The molecule has 3 rings (SSSR count). The summed E-state index contributed by atoms with van der Waals surface area (Å²) >= 11 is 2.45. The molecule has 2 N–H and O–H groups in total. The van der Waals surface area contributed by atoms with Crippen LogP contribution in [0.25, 0.3) is 11.0 Å². The second kappa shape index (κ2) is 6.97. The van der Waals surface area contributed by atoms with E-state index in [4.69, 9.17) is 10.7 Å². The van der Waals surface area contributed by atoms with E-state index in [9.17, 15) is 0 Å². The smallest absolute Gasteiger partial charge is 0.143 e. The lowest BCUT2D eigenvalue weighted by Gasteiger charge is -2.13. The maximum Gasteiger partial charge on any atom is 0.143 e. The Bertz CT molecular complexity index is 718. The van der Waals surface area contributed by atoms with Crippen LogP contribution in [-0.2, 0) is 19.4 Å². The second-order valence-corrected chi connectivity index (χ2v) is 8.00. The zero-order chi connectivity index (χ0) is 16.6. The first-order valence-corrected chi connectivity index (χ1v) is 9.68. The monoisotopic (exact) mass is 426 g/mol. The predicted octanol–water partition coefficient (Wildman–Crippen LogP) is 3.75. The van der Waals surface area contributed by atoms with Gasteiger partial charge in [0.05, 0.1) is 5.39 Å². The van der Waals surface area contributed by atoms with Gasteiger partial charge in [-0.15, -0.1) is 0 Å². The molecule has 5 heteroatoms. The van der Waals surface area contributed by atoms with Crippen LogP contribution in [0.5, 0.6) is 0 Å². The number of anilines is 1. The summed E-state index contributed by atoms with van der Waals surface area (Å²) in [7, 11) is 4.25. The molecule has 0 aromatic carbocycles. The van der Waals surface area contributed by atoms with Crippen LogP contribution in [0, 0.1) is 10.5 Å². The highest BCUT2D eigenvalue weighted by Gasteiger charge is 2.21. The molecule has 0 saturated heterocycles. The highest BCUT2D eigenvalue weighted by atomic mass is 127. The van der Waals surface area contributed by atoms with Gasteiger partial charge < -0.3 is 15.2 Å². The number of aryl methyl sites for hydroxylation is 2. The van der Waals surface area contributed by atoms with Gasteiger partial charge in [0, 0.05) is 27.2 Å². The number of hydrogen-bond donors (Lipinski definition) is 1. The number of pyridine rings is 1. The van der Waals surface area contributed by atoms with Crippen LogP contribution in [0.4, 0.5) is 5.69 Å². The van der Waals surface area contributed by atoms with Gasteiger partial charge in [0.1, 0.15) is 5.65 Å². The molecule has 1 aliphatic rings. The highest BCUT2D eigenvalue weighted by molar-refractivity contribution is 14.1. The molecule has 1 aliphatic carbocycles. The van der Waals surface area contributed by atoms with Crippen molar-refractivity contribution in [2.24, 2.45) is 0 Å². The highest BCUT2D eigenvalue weighted by Crippen LogP contribution is 2.36. The molecule has 0 aliphatic heterocycles. The van der Waals surface area contributed by atoms with Crippen molar-refractivity contribution in [3.05, 3.63) is 20.5 Å². The molecule has 126 valence electrons. The quantitative estimate of drug-likeness (QED) is 0.599. The van der Waals surface area contributed by atoms with Gasteiger partial charge in [0.15, 0.2) is 0 Å². The lowest BCUT2D eigenvalue weighted by atomic mass is 10.0. The number of halogens is 1. The number of hydrogen-bond acceptors (Lipinski definition) is 3. The van der Waals surface area contributed by atoms with Gasteiger partial charge >= 0.3 is 0 Å². The lowest BCUT2D eigenvalue weighted by Crippen LogP contribution is -2.15. The fourth-order valence-electron chi connectivity index (χ4n) is 3.62. The molecule has 0 bridgehead atoms. The molecule has 2 aromatic heterocycles. The van der Waals surface area contributed by atoms with Crippen molar-refractivity contribution in [1.29, 1.82) is 0 Å². The average molecular weight is 426 g/mol. The first-order chi connectivity index (χ1) is 11.0. The Morgan fingerprint density at radius 2 is 1.96 bits per heavy atom. The van der Waals surface area contributed by atoms with E-state index in [1.54, 1.807) is 0 Å². The summed E-state index contributed by atoms with van der Waals surface area (Å²) in [6, 6.07) is 0. The van der Waals surface area contributed by atoms with Gasteiger partial charge in [-0.25, -0.2) is 4.98 Å². The third kappa shape index (κ3) is 3.22. The van der Waals surface area contributed by atoms with Gasteiger partial charge in [-0.3, -0.25) is 0 Å². The summed E-state index contributed by atoms with van der Waals surface area (Å²) < 4.78 is 3.65. The van der Waals surface area contributed by atoms with Gasteiger partial charge in [0.2, 0.25) is 0 Å². The third-order valence-corrected chi connectivity index (χ3v) is 6.25. The number of nitrogens with zero attached hydrogens (tertiary/aromatic N) is 3. The molecule has 2 heterocycles. The summed E-state index contributed by atoms with van der Waals surface area (Å²) in [5.41, 5.74) is 12.6. The van der Waals surface area contributed by atoms with E-state index < -0.39 is 0 Å². The Morgan fingerprint density at radius 1 is 1.22 bits per heavy atom. The number of fused-ring (bicyclic) bond motifs is 2. The third-order valence-electron chi connectivity index (χ3n) is 4.93. The zero-order valence-corrected chi connectivity index (χ0v) is 16.6. The van der Waals surface area contributed by atoms with Crippen molar-refractivity contribution in [2.75, 3.05) is 26.4 Å². The molecule has 0 fully saturated rings. The van der Waals surface area contributed by atoms with E-state index >= 15 is 0 Å². The fourth-order valence-corrected chi connectivity index (χ4v) is 4.45. The van der Waals surface area contributed by atoms with Crippen LogP contribution in [-0.4, -0.2) is 35.1 Å². The molecule has 0 spiro atoms. The van der Waals surface area contributed by atoms with Crippen molar-refractivity contribution < 1.29 is 0 Å². The van der Waals surface area contributed by atoms with E-state index in [1.807, 2.05) is 0 Å².